The number of carbonyl (C=O) groups is 5. The number of unbranched alkanes of at least 4 members (excludes halogenated alkanes) is 17. The van der Waals surface area contributed by atoms with Gasteiger partial charge in [-0.05, 0) is 154 Å². The average molecular weight is 1150 g/mol. The van der Waals surface area contributed by atoms with Crippen LogP contribution in [-0.2, 0) is 23.8 Å². The van der Waals surface area contributed by atoms with E-state index < -0.39 is 17.9 Å². The summed E-state index contributed by atoms with van der Waals surface area (Å²) in [6.07, 6.45) is 21.7. The quantitative estimate of drug-likeness (QED) is 0.00522. The van der Waals surface area contributed by atoms with Crippen LogP contribution >= 0.6 is 0 Å². The van der Waals surface area contributed by atoms with Crippen molar-refractivity contribution in [3.05, 3.63) is 162 Å². The Kier molecular flexibility index (Phi) is 30.9. The minimum absolute atomic E-state index is 0.0254. The van der Waals surface area contributed by atoms with Crippen molar-refractivity contribution < 1.29 is 66.7 Å². The van der Waals surface area contributed by atoms with E-state index in [-0.39, 0.29) is 46.7 Å². The molecule has 0 saturated heterocycles. The van der Waals surface area contributed by atoms with Crippen molar-refractivity contribution >= 4 is 46.9 Å². The molecule has 17 heteroatoms. The van der Waals surface area contributed by atoms with Crippen molar-refractivity contribution in [2.24, 2.45) is 5.11 Å². The number of esters is 5. The van der Waals surface area contributed by atoms with Gasteiger partial charge >= 0.3 is 29.8 Å². The molecule has 0 unspecified atom stereocenters. The molecular weight excluding hydrogens is 1070 g/mol. The fourth-order valence-electron chi connectivity index (χ4n) is 8.57. The maximum Gasteiger partial charge on any atom is 0.344 e. The highest BCUT2D eigenvalue weighted by atomic mass is 16.6. The van der Waals surface area contributed by atoms with Gasteiger partial charge in [0.15, 0.2) is 0 Å². The molecule has 0 amide bonds. The van der Waals surface area contributed by atoms with Crippen LogP contribution in [0.5, 0.6) is 28.7 Å². The first-order valence-electron chi connectivity index (χ1n) is 29.4. The SMILES string of the molecule is C=CC(=O)OCCCCCCCCCCOc1ccc(OC(=O)c2ccc(C(=O)Oc3ccc(OCCCCCCCCCCOC(=O)C=C)cc3)c(C(=O)OCCCCCCOc3ccc(N=[N+]([O-])c4ccc(N(C)C)cc4)cc3)c2)cc1. The summed E-state index contributed by atoms with van der Waals surface area (Å²) in [7, 11) is 3.86. The van der Waals surface area contributed by atoms with Crippen LogP contribution < -0.4 is 28.6 Å². The highest BCUT2D eigenvalue weighted by Crippen LogP contribution is 2.26. The lowest BCUT2D eigenvalue weighted by molar-refractivity contribution is -0.435. The summed E-state index contributed by atoms with van der Waals surface area (Å²) >= 11 is 0. The maximum atomic E-state index is 13.7. The number of ether oxygens (including phenoxy) is 8. The fraction of sp³-hybridized carbons (Fsp3) is 0.418. The third kappa shape index (κ3) is 26.2. The fourth-order valence-corrected chi connectivity index (χ4v) is 8.57. The molecular formula is C67H83N3O14. The van der Waals surface area contributed by atoms with Crippen molar-refractivity contribution in [1.29, 1.82) is 0 Å². The largest absolute Gasteiger partial charge is 0.594 e. The van der Waals surface area contributed by atoms with Crippen molar-refractivity contribution in [3.63, 3.8) is 0 Å². The summed E-state index contributed by atoms with van der Waals surface area (Å²) < 4.78 is 44.8. The molecule has 0 radical (unpaired) electrons. The Balaban J connectivity index is 1.07. The van der Waals surface area contributed by atoms with Crippen molar-refractivity contribution in [3.8, 4) is 28.7 Å². The summed E-state index contributed by atoms with van der Waals surface area (Å²) in [6, 6.07) is 31.5. The first kappa shape index (κ1) is 66.3. The van der Waals surface area contributed by atoms with E-state index in [1.54, 1.807) is 84.9 Å². The molecule has 0 atom stereocenters. The van der Waals surface area contributed by atoms with Crippen LogP contribution in [0.1, 0.15) is 159 Å². The van der Waals surface area contributed by atoms with Gasteiger partial charge in [0.25, 0.3) is 0 Å². The predicted molar refractivity (Wildman–Crippen MR) is 323 cm³/mol. The third-order valence-corrected chi connectivity index (χ3v) is 13.4. The lowest BCUT2D eigenvalue weighted by Gasteiger charge is -2.12. The molecule has 0 fully saturated rings. The monoisotopic (exact) mass is 1150 g/mol. The molecule has 5 aromatic rings. The van der Waals surface area contributed by atoms with E-state index in [1.807, 2.05) is 31.1 Å². The molecule has 17 nitrogen and oxygen atoms in total. The van der Waals surface area contributed by atoms with E-state index in [9.17, 15) is 29.2 Å². The Morgan fingerprint density at radius 1 is 0.429 bits per heavy atom. The summed E-state index contributed by atoms with van der Waals surface area (Å²) in [5, 5.41) is 16.7. The number of benzene rings is 5. The van der Waals surface area contributed by atoms with Crippen molar-refractivity contribution in [2.75, 3.05) is 58.6 Å². The molecule has 0 bridgehead atoms. The van der Waals surface area contributed by atoms with E-state index in [4.69, 9.17) is 37.9 Å². The normalized spacial score (nSPS) is 11.0. The zero-order chi connectivity index (χ0) is 60.0. The molecule has 5 rings (SSSR count). The molecule has 0 aliphatic heterocycles. The number of hydrogen-bond donors (Lipinski definition) is 0. The third-order valence-electron chi connectivity index (χ3n) is 13.4. The minimum Gasteiger partial charge on any atom is -0.594 e. The number of anilines is 1. The molecule has 0 aromatic heterocycles. The van der Waals surface area contributed by atoms with Gasteiger partial charge in [-0.1, -0.05) is 95.1 Å². The highest BCUT2D eigenvalue weighted by molar-refractivity contribution is 6.06. The Morgan fingerprint density at radius 2 is 0.798 bits per heavy atom. The molecule has 0 aliphatic rings. The first-order chi connectivity index (χ1) is 40.9. The molecule has 5 aromatic carbocycles. The van der Waals surface area contributed by atoms with Gasteiger partial charge in [0.2, 0.25) is 5.69 Å². The summed E-state index contributed by atoms with van der Waals surface area (Å²) in [4.78, 5) is 65.8. The molecule has 0 heterocycles. The molecule has 0 N–H and O–H groups in total. The summed E-state index contributed by atoms with van der Waals surface area (Å²) in [6.45, 7) is 9.27. The van der Waals surface area contributed by atoms with Crippen LogP contribution in [0.3, 0.4) is 0 Å². The van der Waals surface area contributed by atoms with E-state index in [2.05, 4.69) is 18.3 Å². The lowest BCUT2D eigenvalue weighted by atomic mass is 10.0. The number of azo groups is 1. The van der Waals surface area contributed by atoms with Gasteiger partial charge in [-0.15, -0.1) is 0 Å². The van der Waals surface area contributed by atoms with E-state index in [0.717, 1.165) is 128 Å². The van der Waals surface area contributed by atoms with Crippen molar-refractivity contribution in [1.82, 2.24) is 0 Å². The maximum absolute atomic E-state index is 13.7. The van der Waals surface area contributed by atoms with Crippen LogP contribution in [0.4, 0.5) is 17.1 Å². The number of hydrogen-bond acceptors (Lipinski definition) is 16. The van der Waals surface area contributed by atoms with Crippen molar-refractivity contribution in [2.45, 2.75) is 128 Å². The van der Waals surface area contributed by atoms with Gasteiger partial charge < -0.3 is 48.0 Å². The summed E-state index contributed by atoms with van der Waals surface area (Å²) in [5.41, 5.74) is 1.68. The van der Waals surface area contributed by atoms with Gasteiger partial charge in [-0.3, -0.25) is 0 Å². The second-order valence-electron chi connectivity index (χ2n) is 20.3. The first-order valence-corrected chi connectivity index (χ1v) is 29.4. The zero-order valence-corrected chi connectivity index (χ0v) is 49.0. The lowest BCUT2D eigenvalue weighted by Crippen LogP contribution is -2.18. The van der Waals surface area contributed by atoms with Gasteiger partial charge in [0, 0.05) is 49.2 Å². The number of nitrogens with zero attached hydrogens (tertiary/aromatic N) is 3. The minimum atomic E-state index is -0.818. The number of rotatable bonds is 42. The second kappa shape index (κ2) is 39.1. The van der Waals surface area contributed by atoms with E-state index in [1.165, 1.54) is 30.4 Å². The number of carbonyl (C=O) groups excluding carboxylic acids is 5. The Labute approximate surface area is 495 Å². The molecule has 0 spiro atoms. The zero-order valence-electron chi connectivity index (χ0n) is 49.0. The Hall–Kier alpha value is -8.47. The predicted octanol–water partition coefficient (Wildman–Crippen LogP) is 15.4. The van der Waals surface area contributed by atoms with Crippen LogP contribution in [-0.4, -0.2) is 88.4 Å². The average Bonchev–Trinajstić information content (AvgIpc) is 3.65. The molecule has 450 valence electrons. The molecule has 0 saturated carbocycles. The molecule has 0 aliphatic carbocycles. The Morgan fingerprint density at radius 3 is 1.21 bits per heavy atom. The highest BCUT2D eigenvalue weighted by Gasteiger charge is 2.24. The topological polar surface area (TPSA) is 201 Å². The molecule has 84 heavy (non-hydrogen) atoms. The van der Waals surface area contributed by atoms with E-state index >= 15 is 0 Å². The van der Waals surface area contributed by atoms with Crippen LogP contribution in [0, 0.1) is 5.21 Å². The van der Waals surface area contributed by atoms with Crippen LogP contribution in [0.15, 0.2) is 146 Å². The van der Waals surface area contributed by atoms with Gasteiger partial charge in [0.1, 0.15) is 34.4 Å². The second-order valence-corrected chi connectivity index (χ2v) is 20.3. The van der Waals surface area contributed by atoms with Gasteiger partial charge in [-0.25, -0.2) is 24.0 Å². The van der Waals surface area contributed by atoms with Crippen LogP contribution in [0.2, 0.25) is 0 Å². The standard InChI is InChI=1S/C67H83N3O14/c1-5-63(71)80-48-24-17-13-9-7-11-15-21-45-78-57-36-40-59(41-37-57)83-65(73)52-27-44-61(67(75)84-60-42-38-58(39-43-60)79-46-22-16-12-8-10-14-18-25-49-81-64(72)6-2)62(51-52)66(74)82-50-26-20-19-23-47-77-56-34-28-53(29-35-56)68-70(76)55-32-30-54(31-33-55)69(3)4/h5-6,27-44,51H,1-2,7-26,45-50H2,3-4H3. The van der Waals surface area contributed by atoms with Gasteiger partial charge in [0.05, 0.1) is 56.3 Å². The summed E-state index contributed by atoms with van der Waals surface area (Å²) in [5.74, 6) is -0.723. The van der Waals surface area contributed by atoms with Crippen LogP contribution in [0.25, 0.3) is 0 Å². The Bertz CT molecular complexity index is 2820. The van der Waals surface area contributed by atoms with E-state index in [0.29, 0.717) is 72.9 Å². The smallest absolute Gasteiger partial charge is 0.344 e. The van der Waals surface area contributed by atoms with Gasteiger partial charge in [-0.2, -0.15) is 0 Å².